The summed E-state index contributed by atoms with van der Waals surface area (Å²) >= 11 is 5.85. The number of hydrogen-bond acceptors (Lipinski definition) is 22. The zero-order valence-corrected chi connectivity index (χ0v) is 50.1. The Labute approximate surface area is 507 Å². The van der Waals surface area contributed by atoms with Crippen molar-refractivity contribution in [3.8, 4) is 0 Å². The average Bonchev–Trinajstić information content (AvgIpc) is 3.34. The van der Waals surface area contributed by atoms with Crippen LogP contribution in [-0.2, 0) is 71.4 Å². The third kappa shape index (κ3) is 18.9. The molecule has 26 nitrogen and oxygen atoms in total. The Bertz CT molecular complexity index is 2860. The number of halogens is 1. The van der Waals surface area contributed by atoms with Gasteiger partial charge in [-0.15, -0.1) is 0 Å². The van der Waals surface area contributed by atoms with Gasteiger partial charge in [0, 0.05) is 74.3 Å². The monoisotopic (exact) mass is 1170 g/mol. The summed E-state index contributed by atoms with van der Waals surface area (Å²) in [4.78, 5) is 126. The maximum atomic E-state index is 13.5. The minimum Gasteiger partial charge on any atom is -0.545 e. The standard InChI is InChI=1S/C28H32N2O13.C24H29ClN2O9.K/c1-15(2)41-27(35)24-17(4)29(28(36)43-18(5)42-22(33)11-10-21(31)32)16(3)23(26(34)40-13-12-39-6)25(24)19-8-7-9-20(14-19)30(37)38;1-13(2)35-23(29)20-15(4)26(24(30)36-16(5)25)14(3)19(22(28)34-11-10-33-6)21(20)17-8-7-9-18(12-17)27(31)32;/h7-11,14-15,18,25H,12-13H2,1-6H3,(H,31,32);7-9,12-13,16,21H,10-11H2,1-6H3;/q;;+1/p-1/b11-10+;;. The number of allylic oxidation sites excluding steroid dienone is 4. The number of methoxy groups -OCH3 is 2. The first kappa shape index (κ1) is 69.3. The van der Waals surface area contributed by atoms with Crippen LogP contribution in [0.1, 0.15) is 92.2 Å². The molecule has 28 heteroatoms. The van der Waals surface area contributed by atoms with Crippen molar-refractivity contribution < 1.29 is 147 Å². The van der Waals surface area contributed by atoms with Crippen molar-refractivity contribution in [3.63, 3.8) is 0 Å². The molecule has 2 aliphatic rings. The molecule has 4 atom stereocenters. The molecule has 428 valence electrons. The topological polar surface area (TPSA) is 335 Å². The molecule has 0 bridgehead atoms. The van der Waals surface area contributed by atoms with Crippen LogP contribution in [0.4, 0.5) is 21.0 Å². The third-order valence-electron chi connectivity index (χ3n) is 11.0. The molecule has 2 aromatic carbocycles. The second-order valence-electron chi connectivity index (χ2n) is 17.4. The van der Waals surface area contributed by atoms with E-state index in [0.717, 1.165) is 9.80 Å². The second kappa shape index (κ2) is 32.4. The van der Waals surface area contributed by atoms with Gasteiger partial charge in [-0.25, -0.2) is 33.6 Å². The zero-order valence-electron chi connectivity index (χ0n) is 46.2. The molecular formula is C52H60ClKN4O22. The van der Waals surface area contributed by atoms with Crippen LogP contribution in [0.2, 0.25) is 0 Å². The molecule has 2 aromatic rings. The molecule has 0 aromatic heterocycles. The van der Waals surface area contributed by atoms with Crippen molar-refractivity contribution in [2.45, 2.75) is 105 Å². The third-order valence-corrected chi connectivity index (χ3v) is 11.1. The Morgan fingerprint density at radius 2 is 0.925 bits per heavy atom. The number of hydrogen-bond donors (Lipinski definition) is 0. The Hall–Kier alpha value is -6.85. The van der Waals surface area contributed by atoms with Crippen LogP contribution in [0, 0.1) is 20.2 Å². The van der Waals surface area contributed by atoms with Crippen molar-refractivity contribution in [1.29, 1.82) is 0 Å². The number of non-ortho nitro benzene ring substituents is 2. The maximum absolute atomic E-state index is 13.5. The van der Waals surface area contributed by atoms with Crippen molar-refractivity contribution in [2.24, 2.45) is 0 Å². The van der Waals surface area contributed by atoms with Gasteiger partial charge in [0.15, 0.2) is 5.56 Å². The van der Waals surface area contributed by atoms with Crippen molar-refractivity contribution >= 4 is 71.0 Å². The fourth-order valence-corrected chi connectivity index (χ4v) is 7.99. The maximum Gasteiger partial charge on any atom is 1.00 e. The summed E-state index contributed by atoms with van der Waals surface area (Å²) < 4.78 is 46.6. The average molecular weight is 1170 g/mol. The van der Waals surface area contributed by atoms with Crippen LogP contribution in [0.5, 0.6) is 0 Å². The quantitative estimate of drug-likeness (QED) is 0.0199. The number of rotatable bonds is 21. The Morgan fingerprint density at radius 3 is 1.25 bits per heavy atom. The first-order valence-electron chi connectivity index (χ1n) is 23.9. The normalized spacial score (nSPS) is 16.0. The predicted octanol–water partition coefficient (Wildman–Crippen LogP) is 3.42. The minimum absolute atomic E-state index is 0. The van der Waals surface area contributed by atoms with Gasteiger partial charge < -0.3 is 52.5 Å². The van der Waals surface area contributed by atoms with Crippen LogP contribution in [0.3, 0.4) is 0 Å². The molecular weight excluding hydrogens is 1110 g/mol. The second-order valence-corrected chi connectivity index (χ2v) is 18.0. The number of nitro groups is 2. The van der Waals surface area contributed by atoms with Crippen molar-refractivity contribution in [3.05, 3.63) is 137 Å². The smallest absolute Gasteiger partial charge is 0.545 e. The van der Waals surface area contributed by atoms with Crippen molar-refractivity contribution in [1.82, 2.24) is 9.80 Å². The molecule has 0 N–H and O–H groups in total. The van der Waals surface area contributed by atoms with Gasteiger partial charge in [0.25, 0.3) is 11.4 Å². The first-order valence-corrected chi connectivity index (χ1v) is 24.3. The molecule has 0 radical (unpaired) electrons. The van der Waals surface area contributed by atoms with Crippen LogP contribution < -0.4 is 56.5 Å². The Kier molecular flexibility index (Phi) is 28.1. The van der Waals surface area contributed by atoms with Crippen LogP contribution in [-0.4, -0.2) is 132 Å². The first-order chi connectivity index (χ1) is 37.1. The van der Waals surface area contributed by atoms with Crippen LogP contribution in [0.25, 0.3) is 0 Å². The summed E-state index contributed by atoms with van der Waals surface area (Å²) in [6, 6.07) is 10.8. The fraction of sp³-hybridized carbons (Fsp3) is 0.423. The minimum atomic E-state index is -1.65. The van der Waals surface area contributed by atoms with Crippen LogP contribution in [0.15, 0.2) is 106 Å². The molecule has 2 heterocycles. The zero-order chi connectivity index (χ0) is 59.6. The largest absolute Gasteiger partial charge is 1.00 e. The predicted molar refractivity (Wildman–Crippen MR) is 272 cm³/mol. The van der Waals surface area contributed by atoms with Gasteiger partial charge in [-0.1, -0.05) is 35.9 Å². The number of nitrogens with zero attached hydrogens (tertiary/aromatic N) is 4. The van der Waals surface area contributed by atoms with E-state index in [4.69, 9.17) is 54.2 Å². The van der Waals surface area contributed by atoms with E-state index >= 15 is 0 Å². The van der Waals surface area contributed by atoms with E-state index in [1.807, 2.05) is 0 Å². The number of esters is 5. The molecule has 0 saturated carbocycles. The summed E-state index contributed by atoms with van der Waals surface area (Å²) in [6.07, 6.45) is -3.86. The summed E-state index contributed by atoms with van der Waals surface area (Å²) in [5.41, 5.74) is -1.63. The summed E-state index contributed by atoms with van der Waals surface area (Å²) in [5.74, 6) is -8.76. The molecule has 0 aliphatic carbocycles. The van der Waals surface area contributed by atoms with Gasteiger partial charge in [-0.05, 0) is 79.5 Å². The van der Waals surface area contributed by atoms with Gasteiger partial charge >= 0.3 is 93.4 Å². The summed E-state index contributed by atoms with van der Waals surface area (Å²) in [7, 11) is 2.82. The van der Waals surface area contributed by atoms with E-state index in [2.05, 4.69) is 0 Å². The number of carboxylic acid groups (broad SMARTS) is 1. The molecule has 4 unspecified atom stereocenters. The number of benzene rings is 2. The number of aliphatic carboxylic acids is 1. The Morgan fingerprint density at radius 1 is 0.562 bits per heavy atom. The van der Waals surface area contributed by atoms with E-state index in [1.165, 1.54) is 104 Å². The number of ether oxygens (including phenoxy) is 9. The number of nitro benzene ring substituents is 2. The number of carbonyl (C=O) groups excluding carboxylic acids is 8. The number of alkyl halides is 1. The molecule has 0 fully saturated rings. The van der Waals surface area contributed by atoms with E-state index in [-0.39, 0.29) is 145 Å². The van der Waals surface area contributed by atoms with E-state index in [0.29, 0.717) is 12.2 Å². The Balaban J connectivity index is 0.000000548. The molecule has 0 spiro atoms. The van der Waals surface area contributed by atoms with E-state index < -0.39 is 93.7 Å². The number of amides is 2. The van der Waals surface area contributed by atoms with Crippen LogP contribution >= 0.6 is 11.6 Å². The number of carbonyl (C=O) groups is 8. The molecule has 2 aliphatic heterocycles. The van der Waals surface area contributed by atoms with Gasteiger partial charge in [-0.2, -0.15) is 0 Å². The van der Waals surface area contributed by atoms with E-state index in [9.17, 15) is 63.7 Å². The van der Waals surface area contributed by atoms with E-state index in [1.54, 1.807) is 27.7 Å². The molecule has 4 rings (SSSR count). The SMILES string of the molecule is COCCOC(=O)C1=C(C)N(C(=O)OC(C)Cl)C(C)=C(C(=O)OC(C)C)C1c1cccc([N+](=O)[O-])c1.COCCOC(=O)C1=C(C)N(C(=O)OC(C)OC(=O)/C=C/C(=O)[O-])C(C)=C(C(=O)OC(C)C)C1c1cccc([N+](=O)[O-])c1.[K+]. The molecule has 80 heavy (non-hydrogen) atoms. The van der Waals surface area contributed by atoms with Gasteiger partial charge in [-0.3, -0.25) is 30.0 Å². The van der Waals surface area contributed by atoms with Crippen molar-refractivity contribution in [2.75, 3.05) is 40.6 Å². The molecule has 0 saturated heterocycles. The molecule has 2 amide bonds. The van der Waals surface area contributed by atoms with Gasteiger partial charge in [0.1, 0.15) is 13.2 Å². The van der Waals surface area contributed by atoms with Gasteiger partial charge in [0.05, 0.1) is 75.4 Å². The number of carboxylic acids is 1. The fourth-order valence-electron chi connectivity index (χ4n) is 7.92. The summed E-state index contributed by atoms with van der Waals surface area (Å²) in [5, 5.41) is 33.5. The van der Waals surface area contributed by atoms with Gasteiger partial charge in [0.2, 0.25) is 6.29 Å². The summed E-state index contributed by atoms with van der Waals surface area (Å²) in [6.45, 7) is 14.6.